The number of rotatable bonds is 4. The van der Waals surface area contributed by atoms with Gasteiger partial charge < -0.3 is 4.74 Å². The zero-order valence-electron chi connectivity index (χ0n) is 8.54. The van der Waals surface area contributed by atoms with Crippen molar-refractivity contribution < 1.29 is 9.53 Å². The monoisotopic (exact) mass is 190 g/mol. The van der Waals surface area contributed by atoms with E-state index in [2.05, 4.69) is 6.58 Å². The number of ketones is 1. The van der Waals surface area contributed by atoms with Crippen molar-refractivity contribution in [2.24, 2.45) is 0 Å². The molecule has 0 radical (unpaired) electrons. The molecule has 14 heavy (non-hydrogen) atoms. The zero-order valence-corrected chi connectivity index (χ0v) is 8.54. The van der Waals surface area contributed by atoms with Crippen LogP contribution in [-0.2, 0) is 4.74 Å². The summed E-state index contributed by atoms with van der Waals surface area (Å²) in [6, 6.07) is 7.28. The van der Waals surface area contributed by atoms with Crippen LogP contribution in [0.3, 0.4) is 0 Å². The van der Waals surface area contributed by atoms with E-state index in [1.54, 1.807) is 19.1 Å². The third kappa shape index (κ3) is 2.46. The maximum atomic E-state index is 11.1. The molecule has 0 aliphatic heterocycles. The highest BCUT2D eigenvalue weighted by Gasteiger charge is 2.03. The molecule has 0 aliphatic rings. The van der Waals surface area contributed by atoms with Gasteiger partial charge in [0.2, 0.25) is 0 Å². The second-order valence-electron chi connectivity index (χ2n) is 2.99. The van der Waals surface area contributed by atoms with Gasteiger partial charge in [0.05, 0.1) is 6.61 Å². The number of hydrogen-bond donors (Lipinski definition) is 0. The van der Waals surface area contributed by atoms with Gasteiger partial charge in [0, 0.05) is 11.1 Å². The van der Waals surface area contributed by atoms with Crippen molar-refractivity contribution in [2.75, 3.05) is 6.61 Å². The molecule has 1 rings (SSSR count). The van der Waals surface area contributed by atoms with Crippen LogP contribution < -0.4 is 0 Å². The fourth-order valence-electron chi connectivity index (χ4n) is 1.17. The Labute approximate surface area is 84.2 Å². The highest BCUT2D eigenvalue weighted by Crippen LogP contribution is 2.15. The lowest BCUT2D eigenvalue weighted by Crippen LogP contribution is -1.95. The van der Waals surface area contributed by atoms with Gasteiger partial charge in [-0.05, 0) is 19.9 Å². The molecule has 0 amide bonds. The molecule has 0 fully saturated rings. The molecular weight excluding hydrogens is 176 g/mol. The van der Waals surface area contributed by atoms with Gasteiger partial charge in [-0.3, -0.25) is 4.79 Å². The lowest BCUT2D eigenvalue weighted by molar-refractivity contribution is 0.101. The van der Waals surface area contributed by atoms with Crippen LogP contribution in [0.2, 0.25) is 0 Å². The summed E-state index contributed by atoms with van der Waals surface area (Å²) < 4.78 is 5.26. The number of ether oxygens (including phenoxy) is 1. The van der Waals surface area contributed by atoms with Crippen LogP contribution in [0.4, 0.5) is 0 Å². The van der Waals surface area contributed by atoms with E-state index in [0.717, 1.165) is 5.56 Å². The predicted octanol–water partition coefficient (Wildman–Crippen LogP) is 2.90. The average Bonchev–Trinajstić information content (AvgIpc) is 2.18. The summed E-state index contributed by atoms with van der Waals surface area (Å²) in [5, 5.41) is 0. The molecule has 0 heterocycles. The van der Waals surface area contributed by atoms with Crippen LogP contribution in [0.15, 0.2) is 30.8 Å². The van der Waals surface area contributed by atoms with Crippen molar-refractivity contribution in [3.05, 3.63) is 42.0 Å². The quantitative estimate of drug-likeness (QED) is 0.539. The minimum absolute atomic E-state index is 0.0520. The summed E-state index contributed by atoms with van der Waals surface area (Å²) in [6.07, 6.45) is 0. The fourth-order valence-corrected chi connectivity index (χ4v) is 1.17. The topological polar surface area (TPSA) is 26.3 Å². The standard InChI is InChI=1S/C12H14O2/c1-4-14-10(3)12-7-5-6-11(8-12)9(2)13/h5-8H,3-4H2,1-2H3. The summed E-state index contributed by atoms with van der Waals surface area (Å²) in [7, 11) is 0. The molecule has 0 spiro atoms. The van der Waals surface area contributed by atoms with E-state index >= 15 is 0 Å². The summed E-state index contributed by atoms with van der Waals surface area (Å²) in [5.74, 6) is 0.659. The Morgan fingerprint density at radius 1 is 1.43 bits per heavy atom. The molecule has 0 atom stereocenters. The van der Waals surface area contributed by atoms with Crippen LogP contribution in [0.1, 0.15) is 29.8 Å². The Morgan fingerprint density at radius 3 is 2.64 bits per heavy atom. The van der Waals surface area contributed by atoms with Crippen molar-refractivity contribution in [1.82, 2.24) is 0 Å². The van der Waals surface area contributed by atoms with Crippen molar-refractivity contribution >= 4 is 11.5 Å². The Morgan fingerprint density at radius 2 is 2.07 bits per heavy atom. The lowest BCUT2D eigenvalue weighted by Gasteiger charge is -2.07. The van der Waals surface area contributed by atoms with E-state index in [1.165, 1.54) is 0 Å². The summed E-state index contributed by atoms with van der Waals surface area (Å²) in [4.78, 5) is 11.1. The highest BCUT2D eigenvalue weighted by atomic mass is 16.5. The van der Waals surface area contributed by atoms with Crippen LogP contribution >= 0.6 is 0 Å². The molecule has 2 nitrogen and oxygen atoms in total. The molecule has 0 saturated heterocycles. The molecule has 2 heteroatoms. The van der Waals surface area contributed by atoms with Crippen LogP contribution in [-0.4, -0.2) is 12.4 Å². The van der Waals surface area contributed by atoms with Gasteiger partial charge in [-0.25, -0.2) is 0 Å². The molecule has 1 aromatic carbocycles. The Bertz CT molecular complexity index is 353. The summed E-state index contributed by atoms with van der Waals surface area (Å²) >= 11 is 0. The minimum atomic E-state index is 0.0520. The second kappa shape index (κ2) is 4.61. The first-order valence-electron chi connectivity index (χ1n) is 4.58. The van der Waals surface area contributed by atoms with E-state index in [1.807, 2.05) is 19.1 Å². The number of carbonyl (C=O) groups is 1. The zero-order chi connectivity index (χ0) is 10.6. The minimum Gasteiger partial charge on any atom is -0.494 e. The number of carbonyl (C=O) groups excluding carboxylic acids is 1. The van der Waals surface area contributed by atoms with Crippen molar-refractivity contribution in [1.29, 1.82) is 0 Å². The third-order valence-electron chi connectivity index (χ3n) is 1.91. The molecule has 0 bridgehead atoms. The first-order chi connectivity index (χ1) is 6.65. The smallest absolute Gasteiger partial charge is 0.159 e. The largest absolute Gasteiger partial charge is 0.494 e. The summed E-state index contributed by atoms with van der Waals surface area (Å²) in [5.41, 5.74) is 1.54. The Hall–Kier alpha value is -1.57. The maximum absolute atomic E-state index is 11.1. The van der Waals surface area contributed by atoms with Gasteiger partial charge in [0.1, 0.15) is 5.76 Å². The molecule has 0 aliphatic carbocycles. The molecule has 0 saturated carbocycles. The van der Waals surface area contributed by atoms with Crippen molar-refractivity contribution in [3.8, 4) is 0 Å². The SMILES string of the molecule is C=C(OCC)c1cccc(C(C)=O)c1. The second-order valence-corrected chi connectivity index (χ2v) is 2.99. The molecule has 0 unspecified atom stereocenters. The maximum Gasteiger partial charge on any atom is 0.159 e. The first-order valence-corrected chi connectivity index (χ1v) is 4.58. The van der Waals surface area contributed by atoms with E-state index in [4.69, 9.17) is 4.74 Å². The Kier molecular flexibility index (Phi) is 3.46. The van der Waals surface area contributed by atoms with Gasteiger partial charge in [0.15, 0.2) is 5.78 Å². The average molecular weight is 190 g/mol. The fraction of sp³-hybridized carbons (Fsp3) is 0.250. The van der Waals surface area contributed by atoms with Gasteiger partial charge >= 0.3 is 0 Å². The number of Topliss-reactive ketones (excluding diaryl/α,β-unsaturated/α-hetero) is 1. The predicted molar refractivity (Wildman–Crippen MR) is 57.1 cm³/mol. The third-order valence-corrected chi connectivity index (χ3v) is 1.91. The van der Waals surface area contributed by atoms with E-state index in [-0.39, 0.29) is 5.78 Å². The van der Waals surface area contributed by atoms with E-state index in [0.29, 0.717) is 17.9 Å². The van der Waals surface area contributed by atoms with E-state index < -0.39 is 0 Å². The molecular formula is C12H14O2. The first kappa shape index (κ1) is 10.5. The summed E-state index contributed by atoms with van der Waals surface area (Å²) in [6.45, 7) is 7.82. The van der Waals surface area contributed by atoms with Crippen molar-refractivity contribution in [3.63, 3.8) is 0 Å². The van der Waals surface area contributed by atoms with Crippen LogP contribution in [0.25, 0.3) is 5.76 Å². The lowest BCUT2D eigenvalue weighted by atomic mass is 10.1. The Balaban J connectivity index is 2.93. The van der Waals surface area contributed by atoms with Crippen molar-refractivity contribution in [2.45, 2.75) is 13.8 Å². The normalized spacial score (nSPS) is 9.57. The van der Waals surface area contributed by atoms with Gasteiger partial charge in [-0.15, -0.1) is 0 Å². The van der Waals surface area contributed by atoms with Gasteiger partial charge in [0.25, 0.3) is 0 Å². The highest BCUT2D eigenvalue weighted by molar-refractivity contribution is 5.94. The van der Waals surface area contributed by atoms with E-state index in [9.17, 15) is 4.79 Å². The molecule has 74 valence electrons. The van der Waals surface area contributed by atoms with Gasteiger partial charge in [-0.1, -0.05) is 24.8 Å². The van der Waals surface area contributed by atoms with Crippen LogP contribution in [0.5, 0.6) is 0 Å². The number of hydrogen-bond acceptors (Lipinski definition) is 2. The molecule has 1 aromatic rings. The van der Waals surface area contributed by atoms with Gasteiger partial charge in [-0.2, -0.15) is 0 Å². The number of benzene rings is 1. The van der Waals surface area contributed by atoms with Crippen LogP contribution in [0, 0.1) is 0 Å². The molecule has 0 aromatic heterocycles. The molecule has 0 N–H and O–H groups in total.